The monoisotopic (exact) mass is 574 g/mol. The van der Waals surface area contributed by atoms with Crippen LogP contribution in [0.5, 0.6) is 5.75 Å². The fourth-order valence-electron chi connectivity index (χ4n) is 3.49. The Morgan fingerprint density at radius 3 is 1.74 bits per heavy atom. The van der Waals surface area contributed by atoms with Gasteiger partial charge in [-0.05, 0) is 41.8 Å². The first-order chi connectivity index (χ1) is 18.3. The van der Waals surface area contributed by atoms with E-state index in [0.29, 0.717) is 0 Å². The number of nitrogens with zero attached hydrogens (tertiary/aromatic N) is 4. The number of hydrogen-bond donors (Lipinski definition) is 6. The van der Waals surface area contributed by atoms with Crippen LogP contribution in [0.2, 0.25) is 0 Å². The molecule has 0 heterocycles. The van der Waals surface area contributed by atoms with E-state index in [4.69, 9.17) is 10.9 Å². The predicted octanol–water partition coefficient (Wildman–Crippen LogP) is 3.86. The summed E-state index contributed by atoms with van der Waals surface area (Å²) in [7, 11) is -10.1. The highest BCUT2D eigenvalue weighted by atomic mass is 32.2. The molecule has 39 heavy (non-hydrogen) atoms. The lowest BCUT2D eigenvalue weighted by Gasteiger charge is -2.14. The Hall–Kier alpha value is -4.36. The Kier molecular flexibility index (Phi) is 7.39. The number of anilines is 1. The SMILES string of the molecule is Nc1c(N=Nc2ccc([NH+]([O-])O)cc2)c(S(=O)(=O)O)cc2cc(S(=O)(=O)O)c(N=Nc3ccccc3)c(O)c12. The Morgan fingerprint density at radius 1 is 0.744 bits per heavy atom. The van der Waals surface area contributed by atoms with Gasteiger partial charge in [-0.2, -0.15) is 32.3 Å². The first kappa shape index (κ1) is 27.7. The molecule has 0 aliphatic rings. The Balaban J connectivity index is 1.98. The van der Waals surface area contributed by atoms with Crippen molar-refractivity contribution >= 4 is 65.1 Å². The molecule has 0 fully saturated rings. The van der Waals surface area contributed by atoms with Gasteiger partial charge in [0.2, 0.25) is 0 Å². The summed E-state index contributed by atoms with van der Waals surface area (Å²) in [6, 6.07) is 14.6. The average molecular weight is 575 g/mol. The smallest absolute Gasteiger partial charge is 0.296 e. The molecule has 7 N–H and O–H groups in total. The molecule has 0 saturated carbocycles. The van der Waals surface area contributed by atoms with E-state index in [1.807, 2.05) is 0 Å². The average Bonchev–Trinajstić information content (AvgIpc) is 2.86. The largest absolute Gasteiger partial charge is 0.595 e. The highest BCUT2D eigenvalue weighted by Gasteiger charge is 2.28. The van der Waals surface area contributed by atoms with E-state index in [0.717, 1.165) is 12.1 Å². The number of quaternary nitrogens is 1. The van der Waals surface area contributed by atoms with Gasteiger partial charge >= 0.3 is 0 Å². The normalized spacial score (nSPS) is 13.4. The minimum Gasteiger partial charge on any atom is -0.595 e. The molecule has 0 saturated heterocycles. The number of nitrogens with one attached hydrogen (secondary N) is 1. The van der Waals surface area contributed by atoms with Gasteiger partial charge in [0, 0.05) is 12.1 Å². The summed E-state index contributed by atoms with van der Waals surface area (Å²) >= 11 is 0. The summed E-state index contributed by atoms with van der Waals surface area (Å²) < 4.78 is 68.0. The van der Waals surface area contributed by atoms with Crippen LogP contribution in [0.1, 0.15) is 0 Å². The summed E-state index contributed by atoms with van der Waals surface area (Å²) in [5.74, 6) is -0.888. The van der Waals surface area contributed by atoms with Gasteiger partial charge in [0.1, 0.15) is 21.2 Å². The van der Waals surface area contributed by atoms with Crippen LogP contribution in [0.3, 0.4) is 0 Å². The van der Waals surface area contributed by atoms with Crippen molar-refractivity contribution in [3.05, 3.63) is 71.9 Å². The molecule has 0 aliphatic heterocycles. The topological polar surface area (TPSA) is 252 Å². The van der Waals surface area contributed by atoms with Gasteiger partial charge in [-0.3, -0.25) is 9.11 Å². The number of benzene rings is 4. The maximum Gasteiger partial charge on any atom is 0.296 e. The number of nitrogens with two attached hydrogens (primary N) is 1. The fourth-order valence-corrected chi connectivity index (χ4v) is 4.81. The third kappa shape index (κ3) is 5.89. The second kappa shape index (κ2) is 10.4. The van der Waals surface area contributed by atoms with Crippen molar-refractivity contribution in [3.63, 3.8) is 0 Å². The van der Waals surface area contributed by atoms with Crippen LogP contribution in [-0.4, -0.2) is 36.3 Å². The van der Waals surface area contributed by atoms with E-state index in [9.17, 15) is 36.3 Å². The first-order valence-electron chi connectivity index (χ1n) is 10.6. The molecule has 15 nitrogen and oxygen atoms in total. The lowest BCUT2D eigenvalue weighted by atomic mass is 10.1. The summed E-state index contributed by atoms with van der Waals surface area (Å²) in [4.78, 5) is -1.81. The number of fused-ring (bicyclic) bond motifs is 1. The molecule has 4 aromatic carbocycles. The molecule has 0 aromatic heterocycles. The Morgan fingerprint density at radius 2 is 1.23 bits per heavy atom. The van der Waals surface area contributed by atoms with Crippen LogP contribution >= 0.6 is 0 Å². The highest BCUT2D eigenvalue weighted by Crippen LogP contribution is 2.48. The minimum atomic E-state index is -5.03. The van der Waals surface area contributed by atoms with Crippen molar-refractivity contribution in [3.8, 4) is 5.75 Å². The minimum absolute atomic E-state index is 0.0467. The Bertz CT molecular complexity index is 1840. The maximum absolute atomic E-state index is 12.1. The number of hydrogen-bond acceptors (Lipinski definition) is 12. The number of azo groups is 2. The molecule has 0 aliphatic carbocycles. The van der Waals surface area contributed by atoms with Crippen molar-refractivity contribution in [1.29, 1.82) is 0 Å². The third-order valence-electron chi connectivity index (χ3n) is 5.27. The molecule has 4 aromatic rings. The highest BCUT2D eigenvalue weighted by molar-refractivity contribution is 7.86. The zero-order valence-electron chi connectivity index (χ0n) is 19.4. The summed E-state index contributed by atoms with van der Waals surface area (Å²) in [5, 5.41) is 44.4. The lowest BCUT2D eigenvalue weighted by Crippen LogP contribution is -2.99. The number of aromatic hydroxyl groups is 1. The molecule has 0 bridgehead atoms. The van der Waals surface area contributed by atoms with Crippen LogP contribution in [0.15, 0.2) is 97.0 Å². The van der Waals surface area contributed by atoms with Gasteiger partial charge in [0.05, 0.1) is 22.4 Å². The van der Waals surface area contributed by atoms with Gasteiger partial charge < -0.3 is 16.0 Å². The van der Waals surface area contributed by atoms with Gasteiger partial charge in [0.15, 0.2) is 11.4 Å². The van der Waals surface area contributed by atoms with E-state index in [1.54, 1.807) is 18.2 Å². The van der Waals surface area contributed by atoms with Crippen LogP contribution in [0, 0.1) is 5.21 Å². The lowest BCUT2D eigenvalue weighted by molar-refractivity contribution is -0.991. The first-order valence-corrected chi connectivity index (χ1v) is 13.4. The quantitative estimate of drug-likeness (QED) is 0.0804. The molecule has 17 heteroatoms. The molecule has 0 amide bonds. The molecule has 0 spiro atoms. The van der Waals surface area contributed by atoms with Crippen LogP contribution in [0.4, 0.5) is 34.1 Å². The maximum atomic E-state index is 12.1. The van der Waals surface area contributed by atoms with Crippen molar-refractivity contribution < 1.29 is 41.5 Å². The summed E-state index contributed by atoms with van der Waals surface area (Å²) in [5.41, 5.74) is 4.58. The van der Waals surface area contributed by atoms with Crippen molar-refractivity contribution in [2.45, 2.75) is 9.79 Å². The number of nitrogen functional groups attached to an aromatic ring is 1. The van der Waals surface area contributed by atoms with Crippen LogP contribution in [-0.2, 0) is 20.2 Å². The molecule has 4 rings (SSSR count). The predicted molar refractivity (Wildman–Crippen MR) is 137 cm³/mol. The van der Waals surface area contributed by atoms with Gasteiger partial charge in [-0.15, -0.1) is 10.2 Å². The summed E-state index contributed by atoms with van der Waals surface area (Å²) in [6.07, 6.45) is 0. The van der Waals surface area contributed by atoms with E-state index < -0.39 is 58.1 Å². The number of phenols is 1. The zero-order valence-corrected chi connectivity index (χ0v) is 21.0. The van der Waals surface area contributed by atoms with E-state index in [-0.39, 0.29) is 27.8 Å². The zero-order chi connectivity index (χ0) is 28.5. The third-order valence-corrected chi connectivity index (χ3v) is 7.01. The molecule has 1 atom stereocenters. The van der Waals surface area contributed by atoms with Crippen LogP contribution < -0.4 is 11.0 Å². The molecular formula is C22H18N6O9S2. The second-order valence-electron chi connectivity index (χ2n) is 7.84. The van der Waals surface area contributed by atoms with Crippen molar-refractivity contribution in [2.75, 3.05) is 5.73 Å². The van der Waals surface area contributed by atoms with Crippen molar-refractivity contribution in [1.82, 2.24) is 0 Å². The molecule has 202 valence electrons. The molecular weight excluding hydrogens is 556 g/mol. The van der Waals surface area contributed by atoms with Crippen LogP contribution in [0.25, 0.3) is 10.8 Å². The standard InChI is InChI=1S/C22H18N6O9S2/c23-19-18-12(11-17(39(35,36)37)21(22(18)29)27-24-13-4-2-1-3-5-13)10-16(38(32,33)34)20(19)26-25-14-6-8-15(9-7-14)28(30)31/h1-11,28-30H,23H2,(H,32,33,34)(H,35,36,37). The van der Waals surface area contributed by atoms with E-state index in [2.05, 4.69) is 20.5 Å². The number of phenolic OH excluding ortho intramolecular Hbond substituents is 1. The van der Waals surface area contributed by atoms with Gasteiger partial charge in [-0.1, -0.05) is 18.2 Å². The molecule has 0 radical (unpaired) electrons. The molecule has 1 unspecified atom stereocenters. The van der Waals surface area contributed by atoms with Gasteiger partial charge in [0.25, 0.3) is 20.2 Å². The van der Waals surface area contributed by atoms with E-state index in [1.165, 1.54) is 36.4 Å². The van der Waals surface area contributed by atoms with E-state index >= 15 is 0 Å². The number of rotatable bonds is 7. The van der Waals surface area contributed by atoms with Gasteiger partial charge in [-0.25, -0.2) is 5.21 Å². The Labute approximate surface area is 220 Å². The summed E-state index contributed by atoms with van der Waals surface area (Å²) in [6.45, 7) is 0. The fraction of sp³-hybridized carbons (Fsp3) is 0. The van der Waals surface area contributed by atoms with Crippen molar-refractivity contribution in [2.24, 2.45) is 20.5 Å². The second-order valence-corrected chi connectivity index (χ2v) is 10.6.